The molecule has 3 aromatic carbocycles. The highest BCUT2D eigenvalue weighted by Gasteiger charge is 2.20. The van der Waals surface area contributed by atoms with Crippen molar-refractivity contribution in [1.82, 2.24) is 0 Å². The van der Waals surface area contributed by atoms with E-state index in [9.17, 15) is 10.1 Å². The maximum Gasteiger partial charge on any atom is 0.313 e. The number of nitro benzene ring substituents is 1. The summed E-state index contributed by atoms with van der Waals surface area (Å²) in [6, 6.07) is 10.3. The third-order valence-corrected chi connectivity index (χ3v) is 6.52. The highest BCUT2D eigenvalue weighted by Crippen LogP contribution is 2.43. The lowest BCUT2D eigenvalue weighted by atomic mass is 10.3. The molecule has 0 aliphatic carbocycles. The first kappa shape index (κ1) is 25.3. The van der Waals surface area contributed by atoms with Gasteiger partial charge in [-0.1, -0.05) is 64.1 Å². The Morgan fingerprint density at radius 2 is 1.47 bits per heavy atom. The van der Waals surface area contributed by atoms with Gasteiger partial charge in [-0.2, -0.15) is 0 Å². The molecule has 3 rings (SSSR count). The van der Waals surface area contributed by atoms with E-state index >= 15 is 0 Å². The predicted molar refractivity (Wildman–Crippen MR) is 128 cm³/mol. The number of para-hydroxylation sites is 1. The molecule has 30 heavy (non-hydrogen) atoms. The van der Waals surface area contributed by atoms with Gasteiger partial charge in [0, 0.05) is 37.2 Å². The van der Waals surface area contributed by atoms with E-state index in [4.69, 9.17) is 67.8 Å². The Balaban J connectivity index is 0.000000269. The normalized spacial score (nSPS) is 10.2. The Hall–Kier alpha value is -0.930. The molecule has 1 N–H and O–H groups in total. The zero-order chi connectivity index (χ0) is 22.6. The van der Waals surface area contributed by atoms with Crippen LogP contribution >= 0.6 is 89.9 Å². The van der Waals surface area contributed by atoms with Gasteiger partial charge in [-0.25, -0.2) is 0 Å². The molecule has 0 heterocycles. The lowest BCUT2D eigenvalue weighted by molar-refractivity contribution is -0.385. The van der Waals surface area contributed by atoms with E-state index in [2.05, 4.69) is 31.9 Å². The molecule has 0 saturated heterocycles. The average molecular weight is 639 g/mol. The molecular formula is C18H8Br2Cl5NO4. The molecule has 0 aliphatic heterocycles. The lowest BCUT2D eigenvalue weighted by Crippen LogP contribution is -1.94. The molecule has 12 heteroatoms. The van der Waals surface area contributed by atoms with Crippen molar-refractivity contribution in [3.63, 3.8) is 0 Å². The highest BCUT2D eigenvalue weighted by molar-refractivity contribution is 9.10. The van der Waals surface area contributed by atoms with Crippen LogP contribution in [-0.4, -0.2) is 10.0 Å². The number of benzene rings is 3. The van der Waals surface area contributed by atoms with E-state index < -0.39 is 4.92 Å². The van der Waals surface area contributed by atoms with Crippen molar-refractivity contribution in [2.24, 2.45) is 0 Å². The number of rotatable bonds is 3. The van der Waals surface area contributed by atoms with Crippen LogP contribution in [0, 0.1) is 10.1 Å². The van der Waals surface area contributed by atoms with E-state index in [1.54, 1.807) is 12.1 Å². The van der Waals surface area contributed by atoms with Crippen LogP contribution in [0.2, 0.25) is 25.1 Å². The number of aromatic hydroxyl groups is 1. The van der Waals surface area contributed by atoms with Crippen molar-refractivity contribution >= 4 is 95.6 Å². The molecule has 0 spiro atoms. The van der Waals surface area contributed by atoms with E-state index in [0.717, 1.165) is 0 Å². The summed E-state index contributed by atoms with van der Waals surface area (Å²) >= 11 is 35.4. The Bertz CT molecular complexity index is 1090. The number of phenolic OH excluding ortho intramolecular Hbond substituents is 1. The van der Waals surface area contributed by atoms with Crippen LogP contribution in [0.25, 0.3) is 0 Å². The van der Waals surface area contributed by atoms with Crippen LogP contribution < -0.4 is 4.74 Å². The molecule has 0 atom stereocenters. The second-order valence-corrected chi connectivity index (χ2v) is 9.11. The van der Waals surface area contributed by atoms with E-state index in [1.807, 2.05) is 0 Å². The summed E-state index contributed by atoms with van der Waals surface area (Å²) in [5.41, 5.74) is -0.260. The molecular weight excluding hydrogens is 631 g/mol. The number of hydrogen-bond acceptors (Lipinski definition) is 4. The van der Waals surface area contributed by atoms with E-state index in [-0.39, 0.29) is 38.0 Å². The Morgan fingerprint density at radius 1 is 0.900 bits per heavy atom. The summed E-state index contributed by atoms with van der Waals surface area (Å²) in [5, 5.41) is 21.5. The van der Waals surface area contributed by atoms with Crippen molar-refractivity contribution in [2.45, 2.75) is 0 Å². The summed E-state index contributed by atoms with van der Waals surface area (Å²) < 4.78 is 6.58. The molecule has 0 aliphatic rings. The van der Waals surface area contributed by atoms with Crippen molar-refractivity contribution < 1.29 is 14.8 Å². The van der Waals surface area contributed by atoms with Crippen LogP contribution in [0.3, 0.4) is 0 Å². The minimum Gasteiger partial charge on any atom is -0.506 e. The predicted octanol–water partition coefficient (Wildman–Crippen LogP) is 9.57. The molecule has 3 aromatic rings. The first-order valence-corrected chi connectivity index (χ1v) is 11.1. The van der Waals surface area contributed by atoms with Crippen LogP contribution in [-0.2, 0) is 0 Å². The first-order chi connectivity index (χ1) is 14.0. The smallest absolute Gasteiger partial charge is 0.313 e. The maximum absolute atomic E-state index is 11.0. The molecule has 5 nitrogen and oxygen atoms in total. The fourth-order valence-electron chi connectivity index (χ4n) is 2.00. The number of phenols is 1. The van der Waals surface area contributed by atoms with Gasteiger partial charge in [0.2, 0.25) is 5.75 Å². The van der Waals surface area contributed by atoms with E-state index in [0.29, 0.717) is 19.0 Å². The molecule has 0 aromatic heterocycles. The van der Waals surface area contributed by atoms with Gasteiger partial charge in [0.05, 0.1) is 20.0 Å². The second kappa shape index (κ2) is 11.1. The zero-order valence-corrected chi connectivity index (χ0v) is 21.3. The molecule has 0 bridgehead atoms. The van der Waals surface area contributed by atoms with Gasteiger partial charge in [-0.15, -0.1) is 0 Å². The molecule has 0 saturated carbocycles. The minimum atomic E-state index is -0.589. The van der Waals surface area contributed by atoms with E-state index in [1.165, 1.54) is 30.3 Å². The standard InChI is InChI=1S/C12H5BrCl3NO3.C6H3BrCl2O/c13-7-4-6(14)5-10(11(7)16)20-12-8(15)2-1-3-9(12)17(18)19;7-4-1-3(8)2-5(10)6(4)9/h1-5H;1-2,10H. The van der Waals surface area contributed by atoms with Gasteiger partial charge in [0.1, 0.15) is 11.5 Å². The first-order valence-electron chi connectivity index (χ1n) is 7.60. The number of nitrogens with zero attached hydrogens (tertiary/aromatic N) is 1. The zero-order valence-electron chi connectivity index (χ0n) is 14.3. The van der Waals surface area contributed by atoms with Gasteiger partial charge in [0.25, 0.3) is 0 Å². The van der Waals surface area contributed by atoms with Gasteiger partial charge < -0.3 is 9.84 Å². The molecule has 0 unspecified atom stereocenters. The summed E-state index contributed by atoms with van der Waals surface area (Å²) in [7, 11) is 0. The van der Waals surface area contributed by atoms with Crippen molar-refractivity contribution in [1.29, 1.82) is 0 Å². The van der Waals surface area contributed by atoms with Crippen molar-refractivity contribution in [2.75, 3.05) is 0 Å². The minimum absolute atomic E-state index is 0.0129. The topological polar surface area (TPSA) is 72.6 Å². The molecule has 0 amide bonds. The van der Waals surface area contributed by atoms with Crippen molar-refractivity contribution in [3.8, 4) is 17.2 Å². The SMILES string of the molecule is O=[N+]([O-])c1cccc(Cl)c1Oc1cc(Cl)cc(Br)c1Cl.Oc1cc(Cl)cc(Br)c1Cl. The van der Waals surface area contributed by atoms with Gasteiger partial charge >= 0.3 is 5.69 Å². The van der Waals surface area contributed by atoms with Gasteiger partial charge in [-0.05, 0) is 50.1 Å². The Labute approximate surface area is 212 Å². The van der Waals surface area contributed by atoms with Gasteiger partial charge in [0.15, 0.2) is 0 Å². The highest BCUT2D eigenvalue weighted by atomic mass is 79.9. The summed E-state index contributed by atoms with van der Waals surface area (Å²) in [6.45, 7) is 0. The molecule has 158 valence electrons. The fraction of sp³-hybridized carbons (Fsp3) is 0. The number of hydrogen-bond donors (Lipinski definition) is 1. The maximum atomic E-state index is 11.0. The fourth-order valence-corrected chi connectivity index (χ4v) is 4.04. The summed E-state index contributed by atoms with van der Waals surface area (Å²) in [6.07, 6.45) is 0. The average Bonchev–Trinajstić information content (AvgIpc) is 2.65. The second-order valence-electron chi connectivity index (χ2n) is 5.37. The van der Waals surface area contributed by atoms with Crippen LogP contribution in [0.4, 0.5) is 5.69 Å². The number of ether oxygens (including phenoxy) is 1. The van der Waals surface area contributed by atoms with Crippen LogP contribution in [0.1, 0.15) is 0 Å². The Morgan fingerprint density at radius 3 is 2.03 bits per heavy atom. The van der Waals surface area contributed by atoms with Crippen LogP contribution in [0.5, 0.6) is 17.2 Å². The number of halogens is 7. The van der Waals surface area contributed by atoms with Crippen LogP contribution in [0.15, 0.2) is 51.4 Å². The Kier molecular flexibility index (Phi) is 9.36. The lowest BCUT2D eigenvalue weighted by Gasteiger charge is -2.10. The monoisotopic (exact) mass is 635 g/mol. The largest absolute Gasteiger partial charge is 0.506 e. The molecule has 0 radical (unpaired) electrons. The quantitative estimate of drug-likeness (QED) is 0.176. The number of nitro groups is 1. The van der Waals surface area contributed by atoms with Gasteiger partial charge in [-0.3, -0.25) is 10.1 Å². The summed E-state index contributed by atoms with van der Waals surface area (Å²) in [5.74, 6) is 0.0681. The molecule has 0 fully saturated rings. The summed E-state index contributed by atoms with van der Waals surface area (Å²) in [4.78, 5) is 10.4. The third-order valence-electron chi connectivity index (χ3n) is 3.29. The van der Waals surface area contributed by atoms with Crippen molar-refractivity contribution in [3.05, 3.63) is 86.6 Å². The third kappa shape index (κ3) is 6.53.